The molecule has 0 radical (unpaired) electrons. The first-order chi connectivity index (χ1) is 5.80. The molecule has 0 bridgehead atoms. The van der Waals surface area contributed by atoms with Gasteiger partial charge in [-0.15, -0.1) is 0 Å². The molecule has 0 N–H and O–H groups in total. The number of halogens is 2. The van der Waals surface area contributed by atoms with Crippen molar-refractivity contribution in [1.29, 1.82) is 0 Å². The quantitative estimate of drug-likeness (QED) is 0.269. The van der Waals surface area contributed by atoms with Crippen LogP contribution < -0.4 is 0 Å². The fraction of sp³-hybridized carbons (Fsp3) is 0.750. The summed E-state index contributed by atoms with van der Waals surface area (Å²) in [6.45, 7) is 8.03. The van der Waals surface area contributed by atoms with E-state index < -0.39 is 0 Å². The molecule has 1 aliphatic carbocycles. The Bertz CT molecular complexity index is 71.5. The summed E-state index contributed by atoms with van der Waals surface area (Å²) in [5.41, 5.74) is 0. The van der Waals surface area contributed by atoms with Crippen molar-refractivity contribution in [2.24, 2.45) is 11.8 Å². The molecule has 0 aromatic rings. The van der Waals surface area contributed by atoms with Gasteiger partial charge < -0.3 is 13.8 Å². The molecule has 1 saturated carbocycles. The minimum absolute atomic E-state index is 0.642. The van der Waals surface area contributed by atoms with Gasteiger partial charge in [-0.05, 0) is 0 Å². The first-order valence-corrected chi connectivity index (χ1v) is 22.1. The summed E-state index contributed by atoms with van der Waals surface area (Å²) in [7, 11) is 0. The Morgan fingerprint density at radius 1 is 0.833 bits per heavy atom. The van der Waals surface area contributed by atoms with Crippen LogP contribution in [0.5, 0.6) is 0 Å². The average Bonchev–Trinajstić information content (AvgIpc) is 2.17. The summed E-state index contributed by atoms with van der Waals surface area (Å²) < 4.78 is 0. The molecule has 2 atom stereocenters. The summed E-state index contributed by atoms with van der Waals surface area (Å²) in [6.07, 6.45) is 5.35. The Labute approximate surface area is 119 Å². The van der Waals surface area contributed by atoms with Crippen LogP contribution in [0, 0.1) is 25.7 Å². The molecule has 12 heavy (non-hydrogen) atoms. The standard InChI is InChI=1S/C8H14.2HI.2Zn/c1-7-5-3-4-6-8(7)2;;;;/h7-8H,1-6H2;2*1H;;/q-2;;;2*+2/p-2/t7-,8-;;;;/m1..../s1. The second-order valence-corrected chi connectivity index (χ2v) is 2.80. The van der Waals surface area contributed by atoms with Crippen LogP contribution in [0.3, 0.4) is 0 Å². The van der Waals surface area contributed by atoms with E-state index in [1.165, 1.54) is 55.3 Å². The molecule has 64 valence electrons. The number of rotatable bonds is 0. The van der Waals surface area contributed by atoms with Gasteiger partial charge in [0.2, 0.25) is 0 Å². The molecule has 0 aromatic carbocycles. The van der Waals surface area contributed by atoms with Crippen LogP contribution in [-0.4, -0.2) is 0 Å². The van der Waals surface area contributed by atoms with E-state index in [0.29, 0.717) is 11.8 Å². The fourth-order valence-corrected chi connectivity index (χ4v) is 1.28. The van der Waals surface area contributed by atoms with Crippen LogP contribution in [0.4, 0.5) is 0 Å². The second-order valence-electron chi connectivity index (χ2n) is 2.80. The van der Waals surface area contributed by atoms with E-state index >= 15 is 0 Å². The molecule has 0 heterocycles. The molecule has 1 aliphatic rings. The van der Waals surface area contributed by atoms with Crippen molar-refractivity contribution in [1.82, 2.24) is 0 Å². The van der Waals surface area contributed by atoms with Crippen molar-refractivity contribution < 1.29 is 29.6 Å². The van der Waals surface area contributed by atoms with E-state index in [1.54, 1.807) is 0 Å². The molecule has 0 amide bonds. The maximum absolute atomic E-state index is 4.02. The summed E-state index contributed by atoms with van der Waals surface area (Å²) in [4.78, 5) is 0. The van der Waals surface area contributed by atoms with Gasteiger partial charge in [0.25, 0.3) is 0 Å². The van der Waals surface area contributed by atoms with Gasteiger partial charge in [0.15, 0.2) is 0 Å². The van der Waals surface area contributed by atoms with Crippen molar-refractivity contribution >= 4 is 39.5 Å². The third kappa shape index (κ3) is 9.27. The van der Waals surface area contributed by atoms with Gasteiger partial charge in [0, 0.05) is 0 Å². The van der Waals surface area contributed by atoms with Gasteiger partial charge in [-0.3, -0.25) is 0 Å². The molecule has 0 aromatic heterocycles. The van der Waals surface area contributed by atoms with E-state index in [-0.39, 0.29) is 0 Å². The third-order valence-corrected chi connectivity index (χ3v) is 2.07. The van der Waals surface area contributed by atoms with Gasteiger partial charge in [-0.25, -0.2) is 0 Å². The van der Waals surface area contributed by atoms with Crippen LogP contribution in [0.1, 0.15) is 25.7 Å². The van der Waals surface area contributed by atoms with E-state index in [1.807, 2.05) is 0 Å². The predicted octanol–water partition coefficient (Wildman–Crippen LogP) is 4.23. The molecular formula is C8H14I2Zn2. The van der Waals surface area contributed by atoms with Crippen LogP contribution >= 0.6 is 39.5 Å². The van der Waals surface area contributed by atoms with Crippen LogP contribution in [0.15, 0.2) is 0 Å². The second kappa shape index (κ2) is 13.7. The van der Waals surface area contributed by atoms with Crippen molar-refractivity contribution in [3.63, 3.8) is 0 Å². The van der Waals surface area contributed by atoms with Crippen molar-refractivity contribution in [2.45, 2.75) is 25.7 Å². The average molecular weight is 495 g/mol. The predicted molar refractivity (Wildman–Crippen MR) is 64.2 cm³/mol. The van der Waals surface area contributed by atoms with Gasteiger partial charge in [-0.1, -0.05) is 25.7 Å². The first kappa shape index (κ1) is 17.1. The van der Waals surface area contributed by atoms with E-state index in [9.17, 15) is 0 Å². The monoisotopic (exact) mass is 492 g/mol. The van der Waals surface area contributed by atoms with Gasteiger partial charge in [0.1, 0.15) is 0 Å². The maximum atomic E-state index is 4.02. The summed E-state index contributed by atoms with van der Waals surface area (Å²) in [5, 5.41) is 0. The zero-order valence-electron chi connectivity index (χ0n) is 7.57. The fourth-order valence-electron chi connectivity index (χ4n) is 1.28. The molecular weight excluding hydrogens is 481 g/mol. The van der Waals surface area contributed by atoms with Crippen LogP contribution in [0.25, 0.3) is 0 Å². The Morgan fingerprint density at radius 3 is 1.25 bits per heavy atom. The Balaban J connectivity index is 0. The van der Waals surface area contributed by atoms with Gasteiger partial charge in [-0.2, -0.15) is 11.8 Å². The summed E-state index contributed by atoms with van der Waals surface area (Å²) in [6, 6.07) is 0. The molecule has 1 rings (SSSR count). The van der Waals surface area contributed by atoms with Crippen LogP contribution in [0.2, 0.25) is 0 Å². The Kier molecular flexibility index (Phi) is 19.5. The van der Waals surface area contributed by atoms with Crippen molar-refractivity contribution in [3.8, 4) is 0 Å². The summed E-state index contributed by atoms with van der Waals surface area (Å²) >= 11 is 7.24. The Hall–Kier alpha value is 2.71. The minimum atomic E-state index is 0.642. The van der Waals surface area contributed by atoms with E-state index in [2.05, 4.69) is 53.3 Å². The SMILES string of the molecule is [CH2-][C@@H]1CCCC[C@H]1[CH2-].[Zn+][I].[Zn+][I]. The van der Waals surface area contributed by atoms with Crippen LogP contribution in [-0.2, 0) is 29.6 Å². The molecule has 1 fully saturated rings. The molecule has 0 unspecified atom stereocenters. The molecule has 0 aliphatic heterocycles. The Morgan fingerprint density at radius 2 is 1.08 bits per heavy atom. The van der Waals surface area contributed by atoms with E-state index in [0.717, 1.165) is 0 Å². The van der Waals surface area contributed by atoms with Crippen molar-refractivity contribution in [2.75, 3.05) is 0 Å². The molecule has 0 nitrogen and oxygen atoms in total. The molecule has 0 spiro atoms. The summed E-state index contributed by atoms with van der Waals surface area (Å²) in [5.74, 6) is 1.28. The number of hydrogen-bond acceptors (Lipinski definition) is 0. The zero-order valence-corrected chi connectivity index (χ0v) is 17.8. The normalized spacial score (nSPS) is 27.7. The third-order valence-electron chi connectivity index (χ3n) is 2.07. The van der Waals surface area contributed by atoms with Gasteiger partial charge in [0.05, 0.1) is 0 Å². The molecule has 0 saturated heterocycles. The zero-order chi connectivity index (χ0) is 9.98. The topological polar surface area (TPSA) is 0 Å². The molecule has 4 heteroatoms. The van der Waals surface area contributed by atoms with E-state index in [4.69, 9.17) is 0 Å². The van der Waals surface area contributed by atoms with Gasteiger partial charge >= 0.3 is 69.1 Å². The van der Waals surface area contributed by atoms with Crippen molar-refractivity contribution in [3.05, 3.63) is 13.8 Å². The first-order valence-electron chi connectivity index (χ1n) is 4.00. The number of hydrogen-bond donors (Lipinski definition) is 0.